The fourth-order valence-electron chi connectivity index (χ4n) is 1.64. The van der Waals surface area contributed by atoms with E-state index in [0.29, 0.717) is 11.3 Å². The normalized spacial score (nSPS) is 14.1. The molecule has 0 saturated carbocycles. The van der Waals surface area contributed by atoms with Crippen molar-refractivity contribution in [3.8, 4) is 0 Å². The highest BCUT2D eigenvalue weighted by Crippen LogP contribution is 2.36. The fraction of sp³-hybridized carbons (Fsp3) is 0.636. The van der Waals surface area contributed by atoms with Crippen LogP contribution < -0.4 is 4.72 Å². The highest BCUT2D eigenvalue weighted by Gasteiger charge is 2.32. The Balaban J connectivity index is 3.11. The number of thiophene rings is 1. The smallest absolute Gasteiger partial charge is 0.300 e. The first-order valence-electron chi connectivity index (χ1n) is 6.06. The van der Waals surface area contributed by atoms with Crippen LogP contribution in [0.2, 0.25) is 4.34 Å². The molecule has 1 rings (SSSR count). The van der Waals surface area contributed by atoms with E-state index in [9.17, 15) is 18.5 Å². The van der Waals surface area contributed by atoms with Crippen LogP contribution in [0.4, 0.5) is 5.69 Å². The lowest BCUT2D eigenvalue weighted by Crippen LogP contribution is -2.44. The van der Waals surface area contributed by atoms with E-state index < -0.39 is 32.1 Å². The molecule has 0 aliphatic rings. The highest BCUT2D eigenvalue weighted by molar-refractivity contribution is 7.91. The molecule has 0 radical (unpaired) electrons. The van der Waals surface area contributed by atoms with Crippen LogP contribution in [-0.2, 0) is 10.0 Å². The highest BCUT2D eigenvalue weighted by atomic mass is 35.5. The van der Waals surface area contributed by atoms with Crippen LogP contribution in [0.5, 0.6) is 0 Å². The number of nitro groups is 1. The largest absolute Gasteiger partial charge is 0.396 e. The van der Waals surface area contributed by atoms with Crippen molar-refractivity contribution < 1.29 is 18.4 Å². The standard InChI is InChI=1S/C11H17ClN2O5S2/c1-11(2,3)8(4-5-15)13-21(18,19)9-6-7(14(16)17)10(12)20-9/h6,8,13,15H,4-5H2,1-3H3. The average molecular weight is 357 g/mol. The maximum Gasteiger partial charge on any atom is 0.300 e. The minimum atomic E-state index is -3.93. The van der Waals surface area contributed by atoms with Gasteiger partial charge in [-0.15, -0.1) is 11.3 Å². The van der Waals surface area contributed by atoms with Gasteiger partial charge in [0, 0.05) is 18.7 Å². The Morgan fingerprint density at radius 2 is 2.10 bits per heavy atom. The molecule has 120 valence electrons. The van der Waals surface area contributed by atoms with Gasteiger partial charge in [0.15, 0.2) is 4.34 Å². The Morgan fingerprint density at radius 1 is 1.52 bits per heavy atom. The molecule has 0 bridgehead atoms. The minimum absolute atomic E-state index is 0.171. The van der Waals surface area contributed by atoms with Gasteiger partial charge in [-0.2, -0.15) is 0 Å². The summed E-state index contributed by atoms with van der Waals surface area (Å²) < 4.78 is 26.6. The van der Waals surface area contributed by atoms with Crippen LogP contribution in [0, 0.1) is 15.5 Å². The fourth-order valence-corrected chi connectivity index (χ4v) is 4.80. The number of aliphatic hydroxyl groups is 1. The number of nitrogens with zero attached hydrogens (tertiary/aromatic N) is 1. The van der Waals surface area contributed by atoms with Crippen LogP contribution in [0.1, 0.15) is 27.2 Å². The van der Waals surface area contributed by atoms with Crippen molar-refractivity contribution in [2.75, 3.05) is 6.61 Å². The van der Waals surface area contributed by atoms with Crippen molar-refractivity contribution in [2.24, 2.45) is 5.41 Å². The predicted octanol–water partition coefficient (Wildman–Crippen LogP) is 2.39. The molecule has 21 heavy (non-hydrogen) atoms. The van der Waals surface area contributed by atoms with Crippen molar-refractivity contribution in [1.82, 2.24) is 4.72 Å². The molecule has 1 aromatic rings. The lowest BCUT2D eigenvalue weighted by molar-refractivity contribution is -0.384. The summed E-state index contributed by atoms with van der Waals surface area (Å²) in [7, 11) is -3.93. The lowest BCUT2D eigenvalue weighted by atomic mass is 9.86. The van der Waals surface area contributed by atoms with Gasteiger partial charge in [-0.05, 0) is 11.8 Å². The summed E-state index contributed by atoms with van der Waals surface area (Å²) in [6, 6.07) is 0.431. The second-order valence-corrected chi connectivity index (χ2v) is 9.13. The molecule has 0 amide bonds. The van der Waals surface area contributed by atoms with E-state index in [1.165, 1.54) is 0 Å². The van der Waals surface area contributed by atoms with Crippen LogP contribution >= 0.6 is 22.9 Å². The van der Waals surface area contributed by atoms with Gasteiger partial charge in [0.2, 0.25) is 0 Å². The number of aliphatic hydroxyl groups excluding tert-OH is 1. The maximum absolute atomic E-state index is 12.3. The first-order valence-corrected chi connectivity index (χ1v) is 8.73. The molecule has 7 nitrogen and oxygen atoms in total. The molecule has 0 saturated heterocycles. The molecule has 0 fully saturated rings. The molecule has 2 N–H and O–H groups in total. The summed E-state index contributed by atoms with van der Waals surface area (Å²) in [5.41, 5.74) is -0.848. The summed E-state index contributed by atoms with van der Waals surface area (Å²) in [4.78, 5) is 10.00. The summed E-state index contributed by atoms with van der Waals surface area (Å²) in [5.74, 6) is 0. The van der Waals surface area contributed by atoms with Crippen molar-refractivity contribution in [3.05, 3.63) is 20.5 Å². The van der Waals surface area contributed by atoms with Gasteiger partial charge in [0.05, 0.1) is 4.92 Å². The molecule has 1 atom stereocenters. The first-order chi connectivity index (χ1) is 9.49. The lowest BCUT2D eigenvalue weighted by Gasteiger charge is -2.30. The number of rotatable bonds is 6. The van der Waals surface area contributed by atoms with E-state index in [-0.39, 0.29) is 21.6 Å². The Hall–Kier alpha value is -0.740. The number of hydrogen-bond donors (Lipinski definition) is 2. The second kappa shape index (κ2) is 6.57. The van der Waals surface area contributed by atoms with E-state index in [4.69, 9.17) is 16.7 Å². The molecule has 0 spiro atoms. The molecule has 0 aliphatic heterocycles. The van der Waals surface area contributed by atoms with Crippen molar-refractivity contribution in [2.45, 2.75) is 37.4 Å². The quantitative estimate of drug-likeness (QED) is 0.600. The van der Waals surface area contributed by atoms with E-state index in [1.807, 2.05) is 20.8 Å². The number of hydrogen-bond acceptors (Lipinski definition) is 6. The molecular weight excluding hydrogens is 340 g/mol. The van der Waals surface area contributed by atoms with E-state index >= 15 is 0 Å². The van der Waals surface area contributed by atoms with E-state index in [1.54, 1.807) is 0 Å². The second-order valence-electron chi connectivity index (χ2n) is 5.53. The molecule has 10 heteroatoms. The van der Waals surface area contributed by atoms with Gasteiger partial charge in [-0.1, -0.05) is 32.4 Å². The number of nitrogens with one attached hydrogen (secondary N) is 1. The van der Waals surface area contributed by atoms with Gasteiger partial charge < -0.3 is 5.11 Å². The third-order valence-electron chi connectivity index (χ3n) is 2.87. The zero-order valence-corrected chi connectivity index (χ0v) is 14.2. The maximum atomic E-state index is 12.3. The van der Waals surface area contributed by atoms with Gasteiger partial charge in [0.1, 0.15) is 4.21 Å². The minimum Gasteiger partial charge on any atom is -0.396 e. The van der Waals surface area contributed by atoms with Crippen molar-refractivity contribution >= 4 is 38.6 Å². The van der Waals surface area contributed by atoms with E-state index in [0.717, 1.165) is 6.07 Å². The predicted molar refractivity (Wildman–Crippen MR) is 81.3 cm³/mol. The monoisotopic (exact) mass is 356 g/mol. The van der Waals surface area contributed by atoms with E-state index in [2.05, 4.69) is 4.72 Å². The first kappa shape index (κ1) is 18.3. The molecule has 1 heterocycles. The summed E-state index contributed by atoms with van der Waals surface area (Å²) in [6.07, 6.45) is 0.240. The zero-order valence-electron chi connectivity index (χ0n) is 11.8. The van der Waals surface area contributed by atoms with Gasteiger partial charge in [0.25, 0.3) is 15.7 Å². The van der Waals surface area contributed by atoms with Gasteiger partial charge in [-0.25, -0.2) is 13.1 Å². The molecular formula is C11H17ClN2O5S2. The average Bonchev–Trinajstić information content (AvgIpc) is 2.70. The van der Waals surface area contributed by atoms with Gasteiger partial charge >= 0.3 is 0 Å². The zero-order chi connectivity index (χ0) is 16.4. The Kier molecular flexibility index (Phi) is 5.73. The molecule has 0 aromatic carbocycles. The van der Waals surface area contributed by atoms with Crippen molar-refractivity contribution in [3.63, 3.8) is 0 Å². The summed E-state index contributed by atoms with van der Waals surface area (Å²) >= 11 is 6.31. The number of sulfonamides is 1. The summed E-state index contributed by atoms with van der Waals surface area (Å²) in [5, 5.41) is 19.8. The SMILES string of the molecule is CC(C)(C)C(CCO)NS(=O)(=O)c1cc([N+](=O)[O-])c(Cl)s1. The number of halogens is 1. The topological polar surface area (TPSA) is 110 Å². The van der Waals surface area contributed by atoms with Crippen LogP contribution in [0.3, 0.4) is 0 Å². The molecule has 1 aromatic heterocycles. The summed E-state index contributed by atoms with van der Waals surface area (Å²) in [6.45, 7) is 5.33. The van der Waals surface area contributed by atoms with Crippen LogP contribution in [0.25, 0.3) is 0 Å². The van der Waals surface area contributed by atoms with Crippen LogP contribution in [0.15, 0.2) is 10.3 Å². The third-order valence-corrected chi connectivity index (χ3v) is 6.15. The third kappa shape index (κ3) is 4.62. The Labute approximate surface area is 132 Å². The Bertz CT molecular complexity index is 621. The molecule has 0 aliphatic carbocycles. The molecule has 1 unspecified atom stereocenters. The Morgan fingerprint density at radius 3 is 2.48 bits per heavy atom. The van der Waals surface area contributed by atoms with Crippen LogP contribution in [-0.4, -0.2) is 31.1 Å². The van der Waals surface area contributed by atoms with Gasteiger partial charge in [-0.3, -0.25) is 10.1 Å². The van der Waals surface area contributed by atoms with Crippen molar-refractivity contribution in [1.29, 1.82) is 0 Å².